The molecular weight excluding hydrogens is 282 g/mol. The van der Waals surface area contributed by atoms with Crippen LogP contribution in [0.4, 0.5) is 0 Å². The number of carboxylic acids is 1. The van der Waals surface area contributed by atoms with Gasteiger partial charge in [-0.25, -0.2) is 4.79 Å². The summed E-state index contributed by atoms with van der Waals surface area (Å²) in [5.41, 5.74) is 0.580. The number of hydrogen-bond donors (Lipinski definition) is 2. The molecule has 0 fully saturated rings. The second-order valence-corrected chi connectivity index (χ2v) is 4.62. The summed E-state index contributed by atoms with van der Waals surface area (Å²) >= 11 is 5.84. The molecule has 1 aromatic heterocycles. The minimum absolute atomic E-state index is 0.109. The van der Waals surface area contributed by atoms with Gasteiger partial charge in [-0.2, -0.15) is 5.10 Å². The highest BCUT2D eigenvalue weighted by molar-refractivity contribution is 6.30. The maximum atomic E-state index is 12.0. The summed E-state index contributed by atoms with van der Waals surface area (Å²) < 4.78 is 1.29. The lowest BCUT2D eigenvalue weighted by Gasteiger charge is -2.04. The third-order valence-electron chi connectivity index (χ3n) is 2.62. The number of nitrogens with zero attached hydrogens (tertiary/aromatic N) is 2. The molecule has 0 spiro atoms. The summed E-state index contributed by atoms with van der Waals surface area (Å²) in [4.78, 5) is 23.0. The normalized spacial score (nSPS) is 10.3. The van der Waals surface area contributed by atoms with E-state index in [1.807, 2.05) is 6.07 Å². The number of halogens is 1. The van der Waals surface area contributed by atoms with Crippen LogP contribution in [0.3, 0.4) is 0 Å². The molecular formula is C13H12ClN3O3. The fourth-order valence-electron chi connectivity index (χ4n) is 1.73. The number of carbonyl (C=O) groups is 2. The fourth-order valence-corrected chi connectivity index (χ4v) is 1.94. The topological polar surface area (TPSA) is 84.2 Å². The third-order valence-corrected chi connectivity index (χ3v) is 2.85. The average molecular weight is 294 g/mol. The van der Waals surface area contributed by atoms with Gasteiger partial charge in [0.2, 0.25) is 0 Å². The van der Waals surface area contributed by atoms with Crippen LogP contribution in [0.1, 0.15) is 26.4 Å². The van der Waals surface area contributed by atoms with Gasteiger partial charge in [0.05, 0.1) is 0 Å². The van der Waals surface area contributed by atoms with Crippen molar-refractivity contribution in [1.29, 1.82) is 0 Å². The van der Waals surface area contributed by atoms with Crippen LogP contribution in [0.15, 0.2) is 30.5 Å². The maximum Gasteiger partial charge on any atom is 0.339 e. The van der Waals surface area contributed by atoms with Gasteiger partial charge in [-0.15, -0.1) is 0 Å². The Morgan fingerprint density at radius 3 is 2.85 bits per heavy atom. The second-order valence-electron chi connectivity index (χ2n) is 4.18. The molecule has 2 aromatic rings. The molecule has 1 heterocycles. The number of rotatable bonds is 4. The summed E-state index contributed by atoms with van der Waals surface area (Å²) in [6.45, 7) is 0.245. The van der Waals surface area contributed by atoms with E-state index in [4.69, 9.17) is 16.7 Å². The lowest BCUT2D eigenvalue weighted by atomic mass is 10.2. The zero-order valence-corrected chi connectivity index (χ0v) is 11.4. The molecule has 2 N–H and O–H groups in total. The molecule has 1 amide bonds. The summed E-state index contributed by atoms with van der Waals surface area (Å²) in [5, 5.41) is 16.0. The molecule has 0 aliphatic rings. The predicted molar refractivity (Wildman–Crippen MR) is 72.8 cm³/mol. The Bertz CT molecular complexity index is 667. The van der Waals surface area contributed by atoms with Crippen LogP contribution >= 0.6 is 11.6 Å². The number of amides is 1. The lowest BCUT2D eigenvalue weighted by Crippen LogP contribution is -2.25. The molecule has 0 saturated heterocycles. The van der Waals surface area contributed by atoms with Gasteiger partial charge in [-0.3, -0.25) is 9.48 Å². The van der Waals surface area contributed by atoms with Crippen molar-refractivity contribution in [3.05, 3.63) is 52.3 Å². The van der Waals surface area contributed by atoms with E-state index in [9.17, 15) is 9.59 Å². The number of aromatic nitrogens is 2. The van der Waals surface area contributed by atoms with E-state index in [0.29, 0.717) is 5.02 Å². The molecule has 0 unspecified atom stereocenters. The zero-order valence-electron chi connectivity index (χ0n) is 10.6. The molecule has 0 radical (unpaired) electrons. The number of carboxylic acid groups (broad SMARTS) is 1. The Labute approximate surface area is 120 Å². The second kappa shape index (κ2) is 5.75. The van der Waals surface area contributed by atoms with E-state index in [-0.39, 0.29) is 17.8 Å². The van der Waals surface area contributed by atoms with Crippen LogP contribution in [-0.2, 0) is 13.6 Å². The Morgan fingerprint density at radius 1 is 1.45 bits per heavy atom. The van der Waals surface area contributed by atoms with Crippen LogP contribution in [-0.4, -0.2) is 26.8 Å². The Morgan fingerprint density at radius 2 is 2.20 bits per heavy atom. The predicted octanol–water partition coefficient (Wildman–Crippen LogP) is 1.70. The SMILES string of the molecule is Cn1cc(C(=O)O)c(C(=O)NCc2cccc(Cl)c2)n1. The van der Waals surface area contributed by atoms with Crippen molar-refractivity contribution < 1.29 is 14.7 Å². The van der Waals surface area contributed by atoms with Gasteiger partial charge in [0.25, 0.3) is 5.91 Å². The van der Waals surface area contributed by atoms with Crippen LogP contribution < -0.4 is 5.32 Å². The highest BCUT2D eigenvalue weighted by Gasteiger charge is 2.20. The average Bonchev–Trinajstić information content (AvgIpc) is 2.78. The van der Waals surface area contributed by atoms with Crippen LogP contribution in [0, 0.1) is 0 Å². The Kier molecular flexibility index (Phi) is 4.05. The van der Waals surface area contributed by atoms with Gasteiger partial charge in [-0.1, -0.05) is 23.7 Å². The molecule has 2 rings (SSSR count). The van der Waals surface area contributed by atoms with E-state index in [1.165, 1.54) is 10.9 Å². The molecule has 0 aliphatic carbocycles. The molecule has 7 heteroatoms. The van der Waals surface area contributed by atoms with Crippen LogP contribution in [0.2, 0.25) is 5.02 Å². The Hall–Kier alpha value is -2.34. The van der Waals surface area contributed by atoms with Crippen molar-refractivity contribution in [2.75, 3.05) is 0 Å². The van der Waals surface area contributed by atoms with Gasteiger partial charge in [-0.05, 0) is 17.7 Å². The first-order valence-electron chi connectivity index (χ1n) is 5.77. The number of nitrogens with one attached hydrogen (secondary N) is 1. The number of hydrogen-bond acceptors (Lipinski definition) is 3. The molecule has 1 aromatic carbocycles. The van der Waals surface area contributed by atoms with Crippen LogP contribution in [0.25, 0.3) is 0 Å². The number of aromatic carboxylic acids is 1. The first kappa shape index (κ1) is 14.1. The van der Waals surface area contributed by atoms with Crippen molar-refractivity contribution in [2.45, 2.75) is 6.54 Å². The van der Waals surface area contributed by atoms with Gasteiger partial charge < -0.3 is 10.4 Å². The molecule has 0 atom stereocenters. The minimum atomic E-state index is -1.19. The van der Waals surface area contributed by atoms with E-state index in [1.54, 1.807) is 25.2 Å². The number of carbonyl (C=O) groups excluding carboxylic acids is 1. The Balaban J connectivity index is 2.11. The van der Waals surface area contributed by atoms with Crippen molar-refractivity contribution >= 4 is 23.5 Å². The summed E-state index contributed by atoms with van der Waals surface area (Å²) in [6.07, 6.45) is 1.29. The van der Waals surface area contributed by atoms with Crippen LogP contribution in [0.5, 0.6) is 0 Å². The molecule has 6 nitrogen and oxygen atoms in total. The smallest absolute Gasteiger partial charge is 0.339 e. The summed E-state index contributed by atoms with van der Waals surface area (Å²) in [7, 11) is 1.56. The van der Waals surface area contributed by atoms with E-state index in [2.05, 4.69) is 10.4 Å². The first-order valence-corrected chi connectivity index (χ1v) is 6.14. The summed E-state index contributed by atoms with van der Waals surface area (Å²) in [5.74, 6) is -1.73. The van der Waals surface area contributed by atoms with Gasteiger partial charge >= 0.3 is 5.97 Å². The quantitative estimate of drug-likeness (QED) is 0.898. The maximum absolute atomic E-state index is 12.0. The van der Waals surface area contributed by atoms with Gasteiger partial charge in [0, 0.05) is 24.8 Å². The zero-order chi connectivity index (χ0) is 14.7. The van der Waals surface area contributed by atoms with E-state index in [0.717, 1.165) is 5.56 Å². The molecule has 0 bridgehead atoms. The fraction of sp³-hybridized carbons (Fsp3) is 0.154. The minimum Gasteiger partial charge on any atom is -0.478 e. The van der Waals surface area contributed by atoms with Gasteiger partial charge in [0.1, 0.15) is 5.56 Å². The largest absolute Gasteiger partial charge is 0.478 e. The molecule has 0 saturated carbocycles. The first-order chi connectivity index (χ1) is 9.47. The number of benzene rings is 1. The highest BCUT2D eigenvalue weighted by atomic mass is 35.5. The number of aryl methyl sites for hydroxylation is 1. The van der Waals surface area contributed by atoms with E-state index < -0.39 is 11.9 Å². The highest BCUT2D eigenvalue weighted by Crippen LogP contribution is 2.11. The van der Waals surface area contributed by atoms with E-state index >= 15 is 0 Å². The van der Waals surface area contributed by atoms with Crippen molar-refractivity contribution in [3.8, 4) is 0 Å². The molecule has 104 valence electrons. The molecule has 20 heavy (non-hydrogen) atoms. The van der Waals surface area contributed by atoms with Crippen molar-refractivity contribution in [2.24, 2.45) is 7.05 Å². The monoisotopic (exact) mass is 293 g/mol. The summed E-state index contributed by atoms with van der Waals surface area (Å²) in [6, 6.07) is 7.03. The standard InChI is InChI=1S/C13H12ClN3O3/c1-17-7-10(13(19)20)11(16-17)12(18)15-6-8-3-2-4-9(14)5-8/h2-5,7H,6H2,1H3,(H,15,18)(H,19,20). The molecule has 0 aliphatic heterocycles. The van der Waals surface area contributed by atoms with Gasteiger partial charge in [0.15, 0.2) is 5.69 Å². The lowest BCUT2D eigenvalue weighted by molar-refractivity contribution is 0.0691. The van der Waals surface area contributed by atoms with Crippen molar-refractivity contribution in [3.63, 3.8) is 0 Å². The van der Waals surface area contributed by atoms with Crippen molar-refractivity contribution in [1.82, 2.24) is 15.1 Å². The third kappa shape index (κ3) is 3.16.